The molecule has 6 heteroatoms. The molecule has 1 aliphatic rings. The Bertz CT molecular complexity index is 745. The third-order valence-corrected chi connectivity index (χ3v) is 5.57. The number of benzene rings is 1. The molecule has 2 heterocycles. The normalized spacial score (nSPS) is 17.7. The van der Waals surface area contributed by atoms with Gasteiger partial charge in [0.1, 0.15) is 6.54 Å². The first-order valence-electron chi connectivity index (χ1n) is 8.85. The second kappa shape index (κ2) is 8.96. The summed E-state index contributed by atoms with van der Waals surface area (Å²) in [5, 5.41) is 4.76. The molecule has 0 saturated carbocycles. The Morgan fingerprint density at radius 3 is 2.96 bits per heavy atom. The summed E-state index contributed by atoms with van der Waals surface area (Å²) in [6.07, 6.45) is 1.85. The van der Waals surface area contributed by atoms with E-state index in [0.717, 1.165) is 32.5 Å². The van der Waals surface area contributed by atoms with Crippen LogP contribution in [0, 0.1) is 5.92 Å². The van der Waals surface area contributed by atoms with Crippen molar-refractivity contribution in [1.29, 1.82) is 0 Å². The zero-order chi connectivity index (χ0) is 18.4. The van der Waals surface area contributed by atoms with E-state index in [4.69, 9.17) is 0 Å². The molecule has 138 valence electrons. The van der Waals surface area contributed by atoms with Crippen LogP contribution < -0.4 is 5.32 Å². The zero-order valence-electron chi connectivity index (χ0n) is 14.9. The van der Waals surface area contributed by atoms with Gasteiger partial charge < -0.3 is 10.1 Å². The van der Waals surface area contributed by atoms with Crippen molar-refractivity contribution < 1.29 is 14.3 Å². The van der Waals surface area contributed by atoms with Crippen LogP contribution in [-0.4, -0.2) is 43.5 Å². The van der Waals surface area contributed by atoms with Crippen molar-refractivity contribution in [3.63, 3.8) is 0 Å². The molecule has 2 aromatic rings. The average Bonchev–Trinajstić information content (AvgIpc) is 3.21. The number of amides is 1. The van der Waals surface area contributed by atoms with Gasteiger partial charge in [-0.25, -0.2) is 0 Å². The number of nitrogens with one attached hydrogen (secondary N) is 1. The lowest BCUT2D eigenvalue weighted by atomic mass is 9.96. The lowest BCUT2D eigenvalue weighted by molar-refractivity contribution is -0.141. The molecule has 1 N–H and O–H groups in total. The molecule has 5 nitrogen and oxygen atoms in total. The monoisotopic (exact) mass is 372 g/mol. The second-order valence-corrected chi connectivity index (χ2v) is 7.49. The molecular weight excluding hydrogens is 348 g/mol. The SMILES string of the molecule is COC(=O)CNC(=O)C1CCCN(Cc2cccc(-c3cccs3)c2)C1. The number of likely N-dealkylation sites (tertiary alicyclic amines) is 1. The smallest absolute Gasteiger partial charge is 0.325 e. The Kier molecular flexibility index (Phi) is 6.41. The minimum absolute atomic E-state index is 0.0608. The van der Waals surface area contributed by atoms with Crippen LogP contribution in [0.2, 0.25) is 0 Å². The number of nitrogens with zero attached hydrogens (tertiary/aromatic N) is 1. The minimum Gasteiger partial charge on any atom is -0.468 e. The van der Waals surface area contributed by atoms with Gasteiger partial charge in [0.05, 0.1) is 13.0 Å². The van der Waals surface area contributed by atoms with Crippen LogP contribution in [0.25, 0.3) is 10.4 Å². The van der Waals surface area contributed by atoms with Gasteiger partial charge in [0.25, 0.3) is 0 Å². The second-order valence-electron chi connectivity index (χ2n) is 6.55. The number of hydrogen-bond acceptors (Lipinski definition) is 5. The summed E-state index contributed by atoms with van der Waals surface area (Å²) in [7, 11) is 1.32. The third kappa shape index (κ3) is 4.93. The number of hydrogen-bond donors (Lipinski definition) is 1. The Balaban J connectivity index is 1.57. The van der Waals surface area contributed by atoms with Gasteiger partial charge in [0, 0.05) is 18.0 Å². The van der Waals surface area contributed by atoms with E-state index in [1.54, 1.807) is 11.3 Å². The Labute approximate surface area is 158 Å². The van der Waals surface area contributed by atoms with Gasteiger partial charge in [0.2, 0.25) is 5.91 Å². The van der Waals surface area contributed by atoms with Crippen LogP contribution in [0.1, 0.15) is 18.4 Å². The van der Waals surface area contributed by atoms with E-state index in [0.29, 0.717) is 0 Å². The van der Waals surface area contributed by atoms with E-state index < -0.39 is 5.97 Å². The molecule has 1 amide bonds. The van der Waals surface area contributed by atoms with Crippen LogP contribution in [-0.2, 0) is 20.9 Å². The van der Waals surface area contributed by atoms with E-state index >= 15 is 0 Å². The van der Waals surface area contributed by atoms with Gasteiger partial charge >= 0.3 is 5.97 Å². The topological polar surface area (TPSA) is 58.6 Å². The van der Waals surface area contributed by atoms with Crippen molar-refractivity contribution in [3.05, 3.63) is 47.3 Å². The van der Waals surface area contributed by atoms with Crippen molar-refractivity contribution >= 4 is 23.2 Å². The molecule has 1 unspecified atom stereocenters. The van der Waals surface area contributed by atoms with Crippen molar-refractivity contribution in [2.24, 2.45) is 5.92 Å². The number of esters is 1. The molecule has 1 saturated heterocycles. The number of carbonyl (C=O) groups is 2. The zero-order valence-corrected chi connectivity index (χ0v) is 15.8. The molecule has 26 heavy (non-hydrogen) atoms. The van der Waals surface area contributed by atoms with Crippen LogP contribution in [0.4, 0.5) is 0 Å². The van der Waals surface area contributed by atoms with Gasteiger partial charge in [-0.2, -0.15) is 0 Å². The number of carbonyl (C=O) groups excluding carboxylic acids is 2. The molecule has 1 atom stereocenters. The average molecular weight is 372 g/mol. The fourth-order valence-electron chi connectivity index (χ4n) is 3.31. The van der Waals surface area contributed by atoms with Gasteiger partial charge in [-0.15, -0.1) is 11.3 Å². The fourth-order valence-corrected chi connectivity index (χ4v) is 4.04. The summed E-state index contributed by atoms with van der Waals surface area (Å²) < 4.78 is 4.57. The highest BCUT2D eigenvalue weighted by Crippen LogP contribution is 2.26. The van der Waals surface area contributed by atoms with Crippen LogP contribution in [0.15, 0.2) is 41.8 Å². The maximum Gasteiger partial charge on any atom is 0.325 e. The van der Waals surface area contributed by atoms with E-state index in [2.05, 4.69) is 56.7 Å². The third-order valence-electron chi connectivity index (χ3n) is 4.65. The summed E-state index contributed by atoms with van der Waals surface area (Å²) in [6.45, 7) is 2.48. The van der Waals surface area contributed by atoms with Crippen LogP contribution >= 0.6 is 11.3 Å². The Hall–Kier alpha value is -2.18. The van der Waals surface area contributed by atoms with Crippen molar-refractivity contribution in [1.82, 2.24) is 10.2 Å². The van der Waals surface area contributed by atoms with E-state index in [-0.39, 0.29) is 18.4 Å². The number of thiophene rings is 1. The van der Waals surface area contributed by atoms with E-state index in [1.165, 1.54) is 23.1 Å². The summed E-state index contributed by atoms with van der Waals surface area (Å²) >= 11 is 1.74. The lowest BCUT2D eigenvalue weighted by Crippen LogP contribution is -2.44. The molecular formula is C20H24N2O3S. The molecule has 0 radical (unpaired) electrons. The molecule has 1 aliphatic heterocycles. The lowest BCUT2D eigenvalue weighted by Gasteiger charge is -2.32. The molecule has 0 aliphatic carbocycles. The first-order valence-corrected chi connectivity index (χ1v) is 9.73. The predicted octanol–water partition coefficient (Wildman–Crippen LogP) is 2.92. The highest BCUT2D eigenvalue weighted by Gasteiger charge is 2.26. The highest BCUT2D eigenvalue weighted by atomic mass is 32.1. The molecule has 3 rings (SSSR count). The summed E-state index contributed by atoms with van der Waals surface area (Å²) in [6, 6.07) is 12.8. The first kappa shape index (κ1) is 18.6. The van der Waals surface area contributed by atoms with Crippen molar-refractivity contribution in [3.8, 4) is 10.4 Å². The van der Waals surface area contributed by atoms with Gasteiger partial charge in [-0.1, -0.05) is 24.3 Å². The molecule has 1 aromatic heterocycles. The highest BCUT2D eigenvalue weighted by molar-refractivity contribution is 7.13. The minimum atomic E-state index is -0.420. The van der Waals surface area contributed by atoms with Crippen molar-refractivity contribution in [2.45, 2.75) is 19.4 Å². The summed E-state index contributed by atoms with van der Waals surface area (Å²) in [5.74, 6) is -0.558. The fraction of sp³-hybridized carbons (Fsp3) is 0.400. The van der Waals surface area contributed by atoms with Crippen LogP contribution in [0.3, 0.4) is 0 Å². The van der Waals surface area contributed by atoms with Crippen LogP contribution in [0.5, 0.6) is 0 Å². The Morgan fingerprint density at radius 2 is 2.19 bits per heavy atom. The van der Waals surface area contributed by atoms with Gasteiger partial charge in [0.15, 0.2) is 0 Å². The molecule has 0 bridgehead atoms. The number of piperidine rings is 1. The quantitative estimate of drug-likeness (QED) is 0.792. The maximum absolute atomic E-state index is 12.3. The van der Waals surface area contributed by atoms with Gasteiger partial charge in [-0.3, -0.25) is 14.5 Å². The van der Waals surface area contributed by atoms with Gasteiger partial charge in [-0.05, 0) is 48.0 Å². The first-order chi connectivity index (χ1) is 12.7. The molecule has 0 spiro atoms. The largest absolute Gasteiger partial charge is 0.468 e. The molecule has 1 fully saturated rings. The number of rotatable bonds is 6. The van der Waals surface area contributed by atoms with Crippen molar-refractivity contribution in [2.75, 3.05) is 26.7 Å². The molecule has 1 aromatic carbocycles. The predicted molar refractivity (Wildman–Crippen MR) is 103 cm³/mol. The summed E-state index contributed by atoms with van der Waals surface area (Å²) in [5.41, 5.74) is 2.49. The standard InChI is InChI=1S/C20H24N2O3S/c1-25-19(23)12-21-20(24)17-7-3-9-22(14-17)13-15-5-2-6-16(11-15)18-8-4-10-26-18/h2,4-6,8,10-11,17H,3,7,9,12-14H2,1H3,(H,21,24). The Morgan fingerprint density at radius 1 is 1.31 bits per heavy atom. The summed E-state index contributed by atoms with van der Waals surface area (Å²) in [4.78, 5) is 27.1. The van der Waals surface area contributed by atoms with E-state index in [1.807, 2.05) is 0 Å². The van der Waals surface area contributed by atoms with E-state index in [9.17, 15) is 9.59 Å². The maximum atomic E-state index is 12.3. The number of methoxy groups -OCH3 is 1. The number of ether oxygens (including phenoxy) is 1.